The molecule has 4 aromatic heterocycles. The summed E-state index contributed by atoms with van der Waals surface area (Å²) in [5.74, 6) is 0. The molecule has 0 radical (unpaired) electrons. The molecule has 0 unspecified atom stereocenters. The molecular weight excluding hydrogens is 613 g/mol. The molecule has 12 rings (SSSR count). The molecule has 0 aliphatic heterocycles. The summed E-state index contributed by atoms with van der Waals surface area (Å²) >= 11 is 0. The van der Waals surface area contributed by atoms with Gasteiger partial charge in [-0.1, -0.05) is 36.4 Å². The van der Waals surface area contributed by atoms with Crippen LogP contribution < -0.4 is 0 Å². The average molecular weight is 633 g/mol. The number of rotatable bonds is 0. The normalized spacial score (nSPS) is 13.6. The summed E-state index contributed by atoms with van der Waals surface area (Å²) in [6.07, 6.45) is 3.56. The van der Waals surface area contributed by atoms with E-state index in [1.54, 1.807) is 0 Å². The Hall–Kier alpha value is -7.12. The Morgan fingerprint density at radius 3 is 1.16 bits per heavy atom. The molecule has 0 saturated heterocycles. The second-order valence-corrected chi connectivity index (χ2v) is 13.8. The Kier molecular flexibility index (Phi) is 4.39. The third kappa shape index (κ3) is 2.71. The van der Waals surface area contributed by atoms with Crippen molar-refractivity contribution in [3.8, 4) is 23.3 Å². The van der Waals surface area contributed by atoms with Crippen LogP contribution >= 0.6 is 0 Å². The lowest BCUT2D eigenvalue weighted by molar-refractivity contribution is 0.902. The number of benzene rings is 6. The molecule has 226 valence electrons. The van der Waals surface area contributed by atoms with Crippen LogP contribution in [0.3, 0.4) is 0 Å². The van der Waals surface area contributed by atoms with Crippen LogP contribution in [0.5, 0.6) is 0 Å². The zero-order chi connectivity index (χ0) is 33.2. The van der Waals surface area contributed by atoms with E-state index in [-0.39, 0.29) is 0 Å². The maximum Gasteiger partial charge on any atom is 0.189 e. The number of aromatic nitrogens is 2. The molecule has 6 heteroatoms. The fourth-order valence-corrected chi connectivity index (χ4v) is 10.1. The minimum Gasteiger partial charge on any atom is -0.311 e. The first-order valence-corrected chi connectivity index (χ1v) is 16.8. The van der Waals surface area contributed by atoms with Gasteiger partial charge < -0.3 is 8.80 Å². The van der Waals surface area contributed by atoms with Gasteiger partial charge in [-0.3, -0.25) is 0 Å². The van der Waals surface area contributed by atoms with Gasteiger partial charge in [0.05, 0.1) is 58.5 Å². The van der Waals surface area contributed by atoms with Crippen molar-refractivity contribution < 1.29 is 0 Å². The molecule has 0 amide bonds. The maximum absolute atomic E-state index is 9.91. The molecule has 50 heavy (non-hydrogen) atoms. The Labute approximate surface area is 284 Å². The number of nitrogens with zero attached hydrogens (tertiary/aromatic N) is 6. The zero-order valence-electron chi connectivity index (χ0n) is 26.4. The van der Waals surface area contributed by atoms with E-state index in [9.17, 15) is 10.5 Å². The van der Waals surface area contributed by atoms with Crippen LogP contribution in [-0.4, -0.2) is 8.80 Å². The van der Waals surface area contributed by atoms with E-state index in [1.807, 2.05) is 48.5 Å². The maximum atomic E-state index is 9.91. The quantitative estimate of drug-likeness (QED) is 0.156. The molecule has 2 aliphatic rings. The minimum atomic E-state index is 0.610. The average Bonchev–Trinajstić information content (AvgIpc) is 3.89. The van der Waals surface area contributed by atoms with E-state index in [4.69, 9.17) is 13.1 Å². The fraction of sp³-hybridized carbons (Fsp3) is 0.0909. The molecule has 0 bridgehead atoms. The Morgan fingerprint density at radius 1 is 0.480 bits per heavy atom. The molecular formula is C44H20N6. The molecule has 10 aromatic rings. The fourth-order valence-electron chi connectivity index (χ4n) is 10.1. The molecule has 6 aromatic carbocycles. The van der Waals surface area contributed by atoms with Crippen molar-refractivity contribution in [3.05, 3.63) is 129 Å². The lowest BCUT2D eigenvalue weighted by Crippen LogP contribution is -2.15. The van der Waals surface area contributed by atoms with E-state index in [0.717, 1.165) is 69.3 Å². The van der Waals surface area contributed by atoms with E-state index < -0.39 is 0 Å². The number of nitriles is 2. The van der Waals surface area contributed by atoms with Crippen molar-refractivity contribution in [1.29, 1.82) is 10.5 Å². The van der Waals surface area contributed by atoms with Crippen LogP contribution in [-0.2, 0) is 25.7 Å². The minimum absolute atomic E-state index is 0.610. The third-order valence-corrected chi connectivity index (χ3v) is 11.8. The summed E-state index contributed by atoms with van der Waals surface area (Å²) in [5.41, 5.74) is 17.2. The van der Waals surface area contributed by atoms with Crippen molar-refractivity contribution in [3.63, 3.8) is 0 Å². The summed E-state index contributed by atoms with van der Waals surface area (Å²) in [7, 11) is 0. The highest BCUT2D eigenvalue weighted by atomic mass is 14.9. The van der Waals surface area contributed by atoms with Crippen LogP contribution in [0, 0.1) is 35.8 Å². The summed E-state index contributed by atoms with van der Waals surface area (Å²) in [6, 6.07) is 29.0. The van der Waals surface area contributed by atoms with Crippen molar-refractivity contribution in [2.75, 3.05) is 0 Å². The summed E-state index contributed by atoms with van der Waals surface area (Å²) in [4.78, 5) is 7.59. The van der Waals surface area contributed by atoms with Gasteiger partial charge >= 0.3 is 0 Å². The van der Waals surface area contributed by atoms with Gasteiger partial charge in [0.1, 0.15) is 0 Å². The van der Waals surface area contributed by atoms with Gasteiger partial charge in [-0.05, 0) is 95.5 Å². The van der Waals surface area contributed by atoms with Gasteiger partial charge in [0.15, 0.2) is 11.4 Å². The van der Waals surface area contributed by atoms with Gasteiger partial charge in [-0.15, -0.1) is 0 Å². The highest BCUT2D eigenvalue weighted by Crippen LogP contribution is 2.57. The first-order valence-electron chi connectivity index (χ1n) is 16.8. The van der Waals surface area contributed by atoms with Gasteiger partial charge in [0, 0.05) is 54.1 Å². The van der Waals surface area contributed by atoms with Crippen molar-refractivity contribution in [1.82, 2.24) is 8.80 Å². The van der Waals surface area contributed by atoms with Crippen molar-refractivity contribution in [2.45, 2.75) is 25.7 Å². The first kappa shape index (κ1) is 25.9. The highest BCUT2D eigenvalue weighted by molar-refractivity contribution is 6.31. The molecule has 2 aliphatic carbocycles. The second kappa shape index (κ2) is 8.47. The van der Waals surface area contributed by atoms with E-state index in [2.05, 4.69) is 54.9 Å². The summed E-state index contributed by atoms with van der Waals surface area (Å²) in [5, 5.41) is 29.5. The standard InChI is InChI=1S/C44H20N6/c1-47-23-5-9-27-35(17-23)50-36-18-24(48-2)6-10-28(36)42-32-14-12-30-37-29(11-13-31(38(32)37)41(27)44(42)50)39-25-7-3-21(19-45)15-33(25)49-34-16-22(20-46)4-8-26(34)40(30)43(39)49/h3-10,15-18H,11-14H2. The van der Waals surface area contributed by atoms with Gasteiger partial charge in [0.25, 0.3) is 0 Å². The van der Waals surface area contributed by atoms with Crippen molar-refractivity contribution in [2.24, 2.45) is 0 Å². The number of aryl methyl sites for hydroxylation is 4. The third-order valence-electron chi connectivity index (χ3n) is 11.8. The van der Waals surface area contributed by atoms with Gasteiger partial charge in [0.2, 0.25) is 0 Å². The SMILES string of the molecule is [C-]#[N+]c1ccc2c3c4c5c(c6c7ccc([N+]#[C-])cc7n(c2c1)c36)CCc1c-5c(c2c3ccc(C#N)cc3n3c5cc(C#N)ccc5c1c23)CC4. The lowest BCUT2D eigenvalue weighted by atomic mass is 9.71. The summed E-state index contributed by atoms with van der Waals surface area (Å²) in [6.45, 7) is 15.6. The van der Waals surface area contributed by atoms with Gasteiger partial charge in [-0.25, -0.2) is 9.69 Å². The van der Waals surface area contributed by atoms with Crippen LogP contribution in [0.4, 0.5) is 11.4 Å². The van der Waals surface area contributed by atoms with Crippen LogP contribution in [0.1, 0.15) is 33.4 Å². The van der Waals surface area contributed by atoms with E-state index >= 15 is 0 Å². The predicted molar refractivity (Wildman–Crippen MR) is 198 cm³/mol. The topological polar surface area (TPSA) is 65.1 Å². The Morgan fingerprint density at radius 2 is 0.820 bits per heavy atom. The first-order chi connectivity index (χ1) is 24.6. The molecule has 0 spiro atoms. The van der Waals surface area contributed by atoms with E-state index in [1.165, 1.54) is 66.0 Å². The van der Waals surface area contributed by atoms with Crippen LogP contribution in [0.2, 0.25) is 0 Å². The predicted octanol–water partition coefficient (Wildman–Crippen LogP) is 10.7. The number of hydrogen-bond donors (Lipinski definition) is 0. The molecule has 0 fully saturated rings. The summed E-state index contributed by atoms with van der Waals surface area (Å²) < 4.78 is 4.64. The van der Waals surface area contributed by atoms with Gasteiger partial charge in [-0.2, -0.15) is 10.5 Å². The zero-order valence-corrected chi connectivity index (χ0v) is 26.4. The van der Waals surface area contributed by atoms with Crippen molar-refractivity contribution >= 4 is 87.6 Å². The number of fused-ring (bicyclic) bond motifs is 16. The highest BCUT2D eigenvalue weighted by Gasteiger charge is 2.37. The largest absolute Gasteiger partial charge is 0.311 e. The van der Waals surface area contributed by atoms with Crippen LogP contribution in [0.15, 0.2) is 72.8 Å². The molecule has 4 heterocycles. The molecule has 6 nitrogen and oxygen atoms in total. The monoisotopic (exact) mass is 632 g/mol. The Bertz CT molecular complexity index is 3020. The molecule has 0 saturated carbocycles. The Balaban J connectivity index is 1.35. The molecule has 0 atom stereocenters. The van der Waals surface area contributed by atoms with Crippen LogP contribution in [0.25, 0.3) is 97.0 Å². The van der Waals surface area contributed by atoms with E-state index in [0.29, 0.717) is 22.5 Å². The second-order valence-electron chi connectivity index (χ2n) is 13.8. The smallest absolute Gasteiger partial charge is 0.189 e. The lowest BCUT2D eigenvalue weighted by Gasteiger charge is -2.32. The molecule has 0 N–H and O–H groups in total. The number of hydrogen-bond acceptors (Lipinski definition) is 2.